The van der Waals surface area contributed by atoms with Gasteiger partial charge in [0.1, 0.15) is 17.2 Å². The smallest absolute Gasteiger partial charge is 0.193 e. The average Bonchev–Trinajstić information content (AvgIpc) is 2.85. The quantitative estimate of drug-likeness (QED) is 0.284. The normalized spacial score (nSPS) is 11.2. The van der Waals surface area contributed by atoms with Gasteiger partial charge in [0, 0.05) is 16.5 Å². The molecule has 0 aliphatic rings. The number of carbonyl (C=O) groups excluding carboxylic acids is 1. The Morgan fingerprint density at radius 1 is 0.606 bits per heavy atom. The van der Waals surface area contributed by atoms with Gasteiger partial charge in [-0.2, -0.15) is 0 Å². The largest absolute Gasteiger partial charge is 0.497 e. The van der Waals surface area contributed by atoms with Crippen LogP contribution in [0.4, 0.5) is 0 Å². The van der Waals surface area contributed by atoms with Crippen molar-refractivity contribution < 1.29 is 14.3 Å². The zero-order valence-corrected chi connectivity index (χ0v) is 19.5. The highest BCUT2D eigenvalue weighted by Crippen LogP contribution is 2.34. The fourth-order valence-corrected chi connectivity index (χ4v) is 3.80. The summed E-state index contributed by atoms with van der Waals surface area (Å²) in [6.07, 6.45) is 0. The third kappa shape index (κ3) is 4.98. The van der Waals surface area contributed by atoms with Gasteiger partial charge in [-0.05, 0) is 66.6 Å². The number of benzene rings is 4. The van der Waals surface area contributed by atoms with E-state index < -0.39 is 0 Å². The molecule has 33 heavy (non-hydrogen) atoms. The van der Waals surface area contributed by atoms with Crippen LogP contribution in [0.15, 0.2) is 97.1 Å². The van der Waals surface area contributed by atoms with Crippen molar-refractivity contribution in [3.63, 3.8) is 0 Å². The monoisotopic (exact) mass is 436 g/mol. The zero-order chi connectivity index (χ0) is 23.4. The molecule has 0 atom stereocenters. The molecule has 0 saturated carbocycles. The second kappa shape index (κ2) is 9.33. The maximum atomic E-state index is 12.7. The van der Waals surface area contributed by atoms with E-state index in [1.807, 2.05) is 67.6 Å². The van der Waals surface area contributed by atoms with Crippen LogP contribution in [0.3, 0.4) is 0 Å². The maximum absolute atomic E-state index is 12.7. The molecule has 4 rings (SSSR count). The summed E-state index contributed by atoms with van der Waals surface area (Å²) in [5.74, 6) is 2.30. The lowest BCUT2D eigenvalue weighted by molar-refractivity contribution is 0.103. The molecule has 0 unspecified atom stereocenters. The predicted molar refractivity (Wildman–Crippen MR) is 133 cm³/mol. The van der Waals surface area contributed by atoms with Crippen LogP contribution in [0, 0.1) is 6.92 Å². The Kier molecular flexibility index (Phi) is 6.32. The highest BCUT2D eigenvalue weighted by atomic mass is 16.5. The second-order valence-corrected chi connectivity index (χ2v) is 8.70. The van der Waals surface area contributed by atoms with Crippen LogP contribution in [0.5, 0.6) is 17.2 Å². The third-order valence-corrected chi connectivity index (χ3v) is 6.05. The minimum absolute atomic E-state index is 0.00617. The molecular weight excluding hydrogens is 408 g/mol. The minimum atomic E-state index is -0.150. The Bertz CT molecular complexity index is 1220. The molecule has 0 aliphatic carbocycles. The highest BCUT2D eigenvalue weighted by Gasteiger charge is 2.23. The van der Waals surface area contributed by atoms with E-state index in [1.54, 1.807) is 19.2 Å². The molecular formula is C30H28O3. The molecule has 0 heterocycles. The molecule has 0 aromatic heterocycles. The van der Waals surface area contributed by atoms with Crippen LogP contribution in [-0.2, 0) is 5.41 Å². The lowest BCUT2D eigenvalue weighted by atomic mass is 9.78. The molecule has 3 nitrogen and oxygen atoms in total. The van der Waals surface area contributed by atoms with Gasteiger partial charge in [-0.25, -0.2) is 0 Å². The van der Waals surface area contributed by atoms with Crippen LogP contribution in [0.2, 0.25) is 0 Å². The van der Waals surface area contributed by atoms with Gasteiger partial charge >= 0.3 is 0 Å². The average molecular weight is 437 g/mol. The van der Waals surface area contributed by atoms with E-state index in [2.05, 4.69) is 38.1 Å². The molecule has 0 bridgehead atoms. The number of ether oxygens (including phenoxy) is 2. The molecule has 0 amide bonds. The van der Waals surface area contributed by atoms with Crippen molar-refractivity contribution in [2.75, 3.05) is 7.11 Å². The first-order chi connectivity index (χ1) is 15.9. The van der Waals surface area contributed by atoms with E-state index >= 15 is 0 Å². The van der Waals surface area contributed by atoms with Crippen LogP contribution >= 0.6 is 0 Å². The number of aryl methyl sites for hydroxylation is 1. The summed E-state index contributed by atoms with van der Waals surface area (Å²) in [6.45, 7) is 6.41. The number of ketones is 1. The van der Waals surface area contributed by atoms with E-state index in [1.165, 1.54) is 11.1 Å². The van der Waals surface area contributed by atoms with E-state index in [0.29, 0.717) is 16.9 Å². The van der Waals surface area contributed by atoms with Crippen molar-refractivity contribution >= 4 is 5.78 Å². The molecule has 3 heteroatoms. The second-order valence-electron chi connectivity index (χ2n) is 8.70. The molecule has 0 aliphatic heterocycles. The molecule has 0 radical (unpaired) electrons. The highest BCUT2D eigenvalue weighted by molar-refractivity contribution is 6.09. The first-order valence-corrected chi connectivity index (χ1v) is 11.0. The summed E-state index contributed by atoms with van der Waals surface area (Å²) in [5.41, 5.74) is 4.72. The van der Waals surface area contributed by atoms with Crippen molar-refractivity contribution in [1.82, 2.24) is 0 Å². The van der Waals surface area contributed by atoms with E-state index in [4.69, 9.17) is 9.47 Å². The van der Waals surface area contributed by atoms with Crippen molar-refractivity contribution in [2.24, 2.45) is 0 Å². The number of rotatable bonds is 7. The summed E-state index contributed by atoms with van der Waals surface area (Å²) >= 11 is 0. The number of hydrogen-bond donors (Lipinski definition) is 0. The van der Waals surface area contributed by atoms with Crippen molar-refractivity contribution in [1.29, 1.82) is 0 Å². The zero-order valence-electron chi connectivity index (χ0n) is 19.5. The summed E-state index contributed by atoms with van der Waals surface area (Å²) in [5, 5.41) is 0. The molecule has 0 saturated heterocycles. The van der Waals surface area contributed by atoms with Crippen molar-refractivity contribution in [3.05, 3.63) is 125 Å². The van der Waals surface area contributed by atoms with Gasteiger partial charge in [-0.1, -0.05) is 67.9 Å². The lowest BCUT2D eigenvalue weighted by Crippen LogP contribution is -2.18. The molecule has 166 valence electrons. The summed E-state index contributed by atoms with van der Waals surface area (Å²) in [4.78, 5) is 12.7. The summed E-state index contributed by atoms with van der Waals surface area (Å²) in [7, 11) is 1.67. The Morgan fingerprint density at radius 2 is 1.00 bits per heavy atom. The number of methoxy groups -OCH3 is 1. The first-order valence-electron chi connectivity index (χ1n) is 11.0. The van der Waals surface area contributed by atoms with E-state index in [-0.39, 0.29) is 11.2 Å². The first kappa shape index (κ1) is 22.3. The SMILES string of the molecule is COc1ccc(C(C)(C)c2ccc(Oc3ccc(C(=O)c4ccc(C)cc4)cc3)cc2)cc1. The topological polar surface area (TPSA) is 35.5 Å². The Hall–Kier alpha value is -3.85. The van der Waals surface area contributed by atoms with Gasteiger partial charge in [0.05, 0.1) is 7.11 Å². The third-order valence-electron chi connectivity index (χ3n) is 6.05. The Balaban J connectivity index is 1.45. The van der Waals surface area contributed by atoms with Crippen LogP contribution < -0.4 is 9.47 Å². The fraction of sp³-hybridized carbons (Fsp3) is 0.167. The Labute approximate surface area is 195 Å². The van der Waals surface area contributed by atoms with Gasteiger partial charge in [0.25, 0.3) is 0 Å². The van der Waals surface area contributed by atoms with Crippen LogP contribution in [-0.4, -0.2) is 12.9 Å². The number of hydrogen-bond acceptors (Lipinski definition) is 3. The van der Waals surface area contributed by atoms with Gasteiger partial charge in [-0.15, -0.1) is 0 Å². The van der Waals surface area contributed by atoms with Crippen molar-refractivity contribution in [2.45, 2.75) is 26.2 Å². The van der Waals surface area contributed by atoms with Crippen LogP contribution in [0.25, 0.3) is 0 Å². The van der Waals surface area contributed by atoms with Crippen molar-refractivity contribution in [3.8, 4) is 17.2 Å². The van der Waals surface area contributed by atoms with Crippen LogP contribution in [0.1, 0.15) is 46.5 Å². The fourth-order valence-electron chi connectivity index (χ4n) is 3.80. The van der Waals surface area contributed by atoms with E-state index in [0.717, 1.165) is 17.1 Å². The molecule has 0 fully saturated rings. The summed E-state index contributed by atoms with van der Waals surface area (Å²) in [6, 6.07) is 31.2. The lowest BCUT2D eigenvalue weighted by Gasteiger charge is -2.26. The van der Waals surface area contributed by atoms with Gasteiger partial charge in [-0.3, -0.25) is 4.79 Å². The molecule has 0 spiro atoms. The van der Waals surface area contributed by atoms with Gasteiger partial charge in [0.15, 0.2) is 5.78 Å². The summed E-state index contributed by atoms with van der Waals surface area (Å²) < 4.78 is 11.3. The molecule has 4 aromatic rings. The minimum Gasteiger partial charge on any atom is -0.497 e. The molecule has 4 aromatic carbocycles. The predicted octanol–water partition coefficient (Wildman–Crippen LogP) is 7.35. The van der Waals surface area contributed by atoms with E-state index in [9.17, 15) is 4.79 Å². The molecule has 0 N–H and O–H groups in total. The van der Waals surface area contributed by atoms with Gasteiger partial charge in [0.2, 0.25) is 0 Å². The van der Waals surface area contributed by atoms with Gasteiger partial charge < -0.3 is 9.47 Å². The maximum Gasteiger partial charge on any atom is 0.193 e. The number of carbonyl (C=O) groups is 1. The standard InChI is InChI=1S/C30H28O3/c1-21-5-7-22(8-6-21)29(31)23-9-15-27(16-10-23)33-28-19-13-25(14-20-28)30(2,3)24-11-17-26(32-4)18-12-24/h5-20H,1-4H3. The Morgan fingerprint density at radius 3 is 1.45 bits per heavy atom.